The molecule has 1 atom stereocenters. The Kier molecular flexibility index (Phi) is 8.11. The standard InChI is InChI=1S/C24H29N5O3S/c1-6-29-22(17(4)25-23(31)18-7-9-20(32-5)10-8-18)27-28-24(29)33-14-21(30)26-19-12-15(2)11-16(3)13-19/h7-13,17H,6,14H2,1-5H3,(H,25,31)(H,26,30). The van der Waals surface area contributed by atoms with Crippen LogP contribution in [-0.2, 0) is 11.3 Å². The predicted octanol–water partition coefficient (Wildman–Crippen LogP) is 4.15. The number of aryl methyl sites for hydroxylation is 2. The molecule has 1 aromatic heterocycles. The van der Waals surface area contributed by atoms with Crippen LogP contribution < -0.4 is 15.4 Å². The van der Waals surface area contributed by atoms with Crippen molar-refractivity contribution in [3.63, 3.8) is 0 Å². The van der Waals surface area contributed by atoms with Crippen LogP contribution >= 0.6 is 11.8 Å². The van der Waals surface area contributed by atoms with Crippen molar-refractivity contribution in [3.8, 4) is 5.75 Å². The van der Waals surface area contributed by atoms with Crippen molar-refractivity contribution in [1.82, 2.24) is 20.1 Å². The van der Waals surface area contributed by atoms with Crippen LogP contribution in [0.3, 0.4) is 0 Å². The van der Waals surface area contributed by atoms with Crippen LogP contribution in [0.2, 0.25) is 0 Å². The van der Waals surface area contributed by atoms with Crippen LogP contribution in [0.15, 0.2) is 47.6 Å². The van der Waals surface area contributed by atoms with E-state index in [-0.39, 0.29) is 23.6 Å². The highest BCUT2D eigenvalue weighted by Gasteiger charge is 2.20. The molecule has 0 aliphatic heterocycles. The number of amides is 2. The van der Waals surface area contributed by atoms with E-state index in [0.29, 0.717) is 28.8 Å². The van der Waals surface area contributed by atoms with Gasteiger partial charge in [-0.1, -0.05) is 17.8 Å². The Morgan fingerprint density at radius 1 is 1.09 bits per heavy atom. The summed E-state index contributed by atoms with van der Waals surface area (Å²) in [6, 6.07) is 12.5. The Labute approximate surface area is 198 Å². The number of rotatable bonds is 9. The number of methoxy groups -OCH3 is 1. The minimum absolute atomic E-state index is 0.113. The van der Waals surface area contributed by atoms with E-state index in [1.807, 2.05) is 44.4 Å². The zero-order valence-corrected chi connectivity index (χ0v) is 20.3. The normalized spacial score (nSPS) is 11.7. The molecular weight excluding hydrogens is 438 g/mol. The summed E-state index contributed by atoms with van der Waals surface area (Å²) < 4.78 is 7.04. The molecule has 8 nitrogen and oxygen atoms in total. The molecule has 1 unspecified atom stereocenters. The second-order valence-electron chi connectivity index (χ2n) is 7.72. The zero-order valence-electron chi connectivity index (χ0n) is 19.5. The molecule has 2 N–H and O–H groups in total. The average molecular weight is 468 g/mol. The van der Waals surface area contributed by atoms with Gasteiger partial charge in [0.1, 0.15) is 5.75 Å². The largest absolute Gasteiger partial charge is 0.497 e. The lowest BCUT2D eigenvalue weighted by atomic mass is 10.1. The van der Waals surface area contributed by atoms with Crippen LogP contribution in [0.4, 0.5) is 5.69 Å². The Bertz CT molecular complexity index is 1110. The van der Waals surface area contributed by atoms with Gasteiger partial charge in [-0.15, -0.1) is 10.2 Å². The Hall–Kier alpha value is -3.33. The molecule has 33 heavy (non-hydrogen) atoms. The maximum absolute atomic E-state index is 12.6. The molecule has 0 saturated carbocycles. The van der Waals surface area contributed by atoms with Crippen LogP contribution in [0, 0.1) is 13.8 Å². The molecule has 2 aromatic carbocycles. The van der Waals surface area contributed by atoms with Gasteiger partial charge in [0.25, 0.3) is 5.91 Å². The molecule has 3 rings (SSSR count). The minimum Gasteiger partial charge on any atom is -0.497 e. The number of hydrogen-bond acceptors (Lipinski definition) is 6. The van der Waals surface area contributed by atoms with E-state index in [4.69, 9.17) is 4.74 Å². The highest BCUT2D eigenvalue weighted by Crippen LogP contribution is 2.22. The summed E-state index contributed by atoms with van der Waals surface area (Å²) in [5, 5.41) is 15.0. The van der Waals surface area contributed by atoms with Gasteiger partial charge in [-0.2, -0.15) is 0 Å². The Morgan fingerprint density at radius 3 is 2.36 bits per heavy atom. The predicted molar refractivity (Wildman–Crippen MR) is 130 cm³/mol. The molecule has 0 aliphatic carbocycles. The van der Waals surface area contributed by atoms with E-state index in [1.165, 1.54) is 11.8 Å². The number of ether oxygens (including phenoxy) is 1. The van der Waals surface area contributed by atoms with Crippen LogP contribution in [0.25, 0.3) is 0 Å². The van der Waals surface area contributed by atoms with Gasteiger partial charge in [0.2, 0.25) is 5.91 Å². The van der Waals surface area contributed by atoms with E-state index < -0.39 is 0 Å². The fraction of sp³-hybridized carbons (Fsp3) is 0.333. The molecule has 9 heteroatoms. The summed E-state index contributed by atoms with van der Waals surface area (Å²) >= 11 is 1.32. The molecule has 0 bridgehead atoms. The lowest BCUT2D eigenvalue weighted by molar-refractivity contribution is -0.113. The number of aromatic nitrogens is 3. The molecule has 0 radical (unpaired) electrons. The third kappa shape index (κ3) is 6.35. The first-order valence-corrected chi connectivity index (χ1v) is 11.7. The molecule has 0 aliphatic rings. The summed E-state index contributed by atoms with van der Waals surface area (Å²) in [7, 11) is 1.58. The number of carbonyl (C=O) groups is 2. The first-order chi connectivity index (χ1) is 15.8. The van der Waals surface area contributed by atoms with E-state index in [1.54, 1.807) is 31.4 Å². The first-order valence-electron chi connectivity index (χ1n) is 10.7. The number of benzene rings is 2. The van der Waals surface area contributed by atoms with Gasteiger partial charge in [-0.05, 0) is 75.2 Å². The van der Waals surface area contributed by atoms with Gasteiger partial charge < -0.3 is 19.9 Å². The number of anilines is 1. The summed E-state index contributed by atoms with van der Waals surface area (Å²) in [4.78, 5) is 25.0. The van der Waals surface area contributed by atoms with E-state index in [2.05, 4.69) is 26.9 Å². The lowest BCUT2D eigenvalue weighted by Crippen LogP contribution is -2.28. The number of nitrogens with zero attached hydrogens (tertiary/aromatic N) is 3. The van der Waals surface area contributed by atoms with Gasteiger partial charge in [-0.3, -0.25) is 9.59 Å². The van der Waals surface area contributed by atoms with Gasteiger partial charge >= 0.3 is 0 Å². The van der Waals surface area contributed by atoms with Crippen molar-refractivity contribution >= 4 is 29.3 Å². The molecule has 0 fully saturated rings. The van der Waals surface area contributed by atoms with E-state index >= 15 is 0 Å². The maximum atomic E-state index is 12.6. The lowest BCUT2D eigenvalue weighted by Gasteiger charge is -2.15. The second-order valence-corrected chi connectivity index (χ2v) is 8.66. The molecule has 2 amide bonds. The highest BCUT2D eigenvalue weighted by atomic mass is 32.2. The molecule has 1 heterocycles. The molecular formula is C24H29N5O3S. The molecule has 3 aromatic rings. The van der Waals surface area contributed by atoms with Crippen molar-refractivity contribution in [2.24, 2.45) is 0 Å². The number of carbonyl (C=O) groups excluding carboxylic acids is 2. The van der Waals surface area contributed by atoms with Gasteiger partial charge in [0.05, 0.1) is 18.9 Å². The second kappa shape index (κ2) is 11.0. The Morgan fingerprint density at radius 2 is 1.76 bits per heavy atom. The SMILES string of the molecule is CCn1c(SCC(=O)Nc2cc(C)cc(C)c2)nnc1C(C)NC(=O)c1ccc(OC)cc1. The Balaban J connectivity index is 1.62. The van der Waals surface area contributed by atoms with Crippen LogP contribution in [0.1, 0.15) is 47.2 Å². The van der Waals surface area contributed by atoms with Crippen LogP contribution in [0.5, 0.6) is 5.75 Å². The topological polar surface area (TPSA) is 98.1 Å². The summed E-state index contributed by atoms with van der Waals surface area (Å²) in [5.74, 6) is 1.21. The van der Waals surface area contributed by atoms with E-state index in [0.717, 1.165) is 16.8 Å². The fourth-order valence-electron chi connectivity index (χ4n) is 3.49. The third-order valence-electron chi connectivity index (χ3n) is 4.99. The first kappa shape index (κ1) is 24.3. The fourth-order valence-corrected chi connectivity index (χ4v) is 4.29. The number of hydrogen-bond donors (Lipinski definition) is 2. The number of nitrogens with one attached hydrogen (secondary N) is 2. The van der Waals surface area contributed by atoms with Crippen molar-refractivity contribution in [1.29, 1.82) is 0 Å². The molecule has 174 valence electrons. The quantitative estimate of drug-likeness (QED) is 0.459. The van der Waals surface area contributed by atoms with Gasteiger partial charge in [0, 0.05) is 17.8 Å². The van der Waals surface area contributed by atoms with Crippen molar-refractivity contribution in [2.45, 2.75) is 45.4 Å². The van der Waals surface area contributed by atoms with Gasteiger partial charge in [0.15, 0.2) is 11.0 Å². The summed E-state index contributed by atoms with van der Waals surface area (Å²) in [6.45, 7) is 8.45. The number of thioether (sulfide) groups is 1. The van der Waals surface area contributed by atoms with Crippen molar-refractivity contribution < 1.29 is 14.3 Å². The van der Waals surface area contributed by atoms with Crippen LogP contribution in [-0.4, -0.2) is 39.4 Å². The third-order valence-corrected chi connectivity index (χ3v) is 5.95. The van der Waals surface area contributed by atoms with Crippen molar-refractivity contribution in [3.05, 3.63) is 65.0 Å². The average Bonchev–Trinajstić information content (AvgIpc) is 3.20. The monoisotopic (exact) mass is 467 g/mol. The smallest absolute Gasteiger partial charge is 0.251 e. The maximum Gasteiger partial charge on any atom is 0.251 e. The summed E-state index contributed by atoms with van der Waals surface area (Å²) in [5.41, 5.74) is 3.51. The molecule has 0 spiro atoms. The van der Waals surface area contributed by atoms with Gasteiger partial charge in [-0.25, -0.2) is 0 Å². The molecule has 0 saturated heterocycles. The zero-order chi connectivity index (χ0) is 24.0. The summed E-state index contributed by atoms with van der Waals surface area (Å²) in [6.07, 6.45) is 0. The minimum atomic E-state index is -0.356. The highest BCUT2D eigenvalue weighted by molar-refractivity contribution is 7.99. The van der Waals surface area contributed by atoms with E-state index in [9.17, 15) is 9.59 Å². The van der Waals surface area contributed by atoms with Crippen molar-refractivity contribution in [2.75, 3.05) is 18.2 Å².